The summed E-state index contributed by atoms with van der Waals surface area (Å²) < 4.78 is 14.4. The molecule has 1 rings (SSSR count). The molecule has 0 heterocycles. The average molecular weight is 271 g/mol. The van der Waals surface area contributed by atoms with Gasteiger partial charge in [-0.3, -0.25) is 10.1 Å². The number of hydrogen-bond donors (Lipinski definition) is 1. The molecule has 1 unspecified atom stereocenters. The molecule has 0 fully saturated rings. The first-order chi connectivity index (χ1) is 8.92. The Morgan fingerprint density at radius 1 is 1.37 bits per heavy atom. The number of carboxylic acid groups (broad SMARTS) is 1. The van der Waals surface area contributed by atoms with E-state index < -0.39 is 17.2 Å². The molecular formula is C11H13NO7. The third-order valence-corrected chi connectivity index (χ3v) is 2.45. The zero-order chi connectivity index (χ0) is 14.6. The molecule has 0 aliphatic heterocycles. The van der Waals surface area contributed by atoms with E-state index >= 15 is 0 Å². The highest BCUT2D eigenvalue weighted by Gasteiger charge is 2.29. The molecule has 1 N–H and O–H groups in total. The van der Waals surface area contributed by atoms with Gasteiger partial charge < -0.3 is 19.3 Å². The molecule has 0 spiro atoms. The smallest absolute Gasteiger partial charge is 0.493 e. The molecule has 0 saturated heterocycles. The van der Waals surface area contributed by atoms with E-state index in [9.17, 15) is 14.9 Å². The van der Waals surface area contributed by atoms with Gasteiger partial charge in [-0.1, -0.05) is 0 Å². The van der Waals surface area contributed by atoms with Crippen LogP contribution in [0, 0.1) is 10.1 Å². The lowest BCUT2D eigenvalue weighted by molar-refractivity contribution is -0.387. The van der Waals surface area contributed by atoms with E-state index in [1.54, 1.807) is 0 Å². The lowest BCUT2D eigenvalue weighted by Gasteiger charge is -2.14. The molecule has 19 heavy (non-hydrogen) atoms. The van der Waals surface area contributed by atoms with Gasteiger partial charge in [0, 0.05) is 0 Å². The number of methoxy groups -OCH3 is 2. The maximum absolute atomic E-state index is 11.1. The summed E-state index contributed by atoms with van der Waals surface area (Å²) in [7, 11) is 2.61. The quantitative estimate of drug-likeness (QED) is 0.497. The molecule has 8 nitrogen and oxygen atoms in total. The summed E-state index contributed by atoms with van der Waals surface area (Å²) in [6, 6.07) is 2.82. The minimum Gasteiger partial charge on any atom is -0.493 e. The van der Waals surface area contributed by atoms with Crippen molar-refractivity contribution >= 4 is 11.8 Å². The number of nitrogens with zero attached hydrogens (tertiary/aromatic N) is 1. The van der Waals surface area contributed by atoms with Gasteiger partial charge in [-0.25, -0.2) is 4.79 Å². The predicted molar refractivity (Wildman–Crippen MR) is 63.7 cm³/mol. The number of ether oxygens (including phenoxy) is 3. The highest BCUT2D eigenvalue weighted by atomic mass is 16.7. The van der Waals surface area contributed by atoms with Gasteiger partial charge in [0.2, 0.25) is 5.75 Å². The Kier molecular flexibility index (Phi) is 4.51. The molecule has 104 valence electrons. The molecule has 1 aromatic carbocycles. The Balaban J connectivity index is 3.39. The maximum atomic E-state index is 11.1. The summed E-state index contributed by atoms with van der Waals surface area (Å²) in [6.07, 6.45) is -2.52. The fraction of sp³-hybridized carbons (Fsp3) is 0.364. The van der Waals surface area contributed by atoms with Crippen LogP contribution in [0.1, 0.15) is 18.6 Å². The molecule has 0 radical (unpaired) electrons. The van der Waals surface area contributed by atoms with E-state index in [1.807, 2.05) is 0 Å². The third-order valence-electron chi connectivity index (χ3n) is 2.45. The van der Waals surface area contributed by atoms with Crippen molar-refractivity contribution in [2.24, 2.45) is 0 Å². The van der Waals surface area contributed by atoms with Crippen LogP contribution in [0.25, 0.3) is 0 Å². The molecule has 0 aliphatic carbocycles. The van der Waals surface area contributed by atoms with Crippen molar-refractivity contribution < 1.29 is 29.0 Å². The average Bonchev–Trinajstić information content (AvgIpc) is 2.35. The summed E-state index contributed by atoms with van der Waals surface area (Å²) in [5.41, 5.74) is -0.291. The first-order valence-corrected chi connectivity index (χ1v) is 5.21. The largest absolute Gasteiger partial charge is 0.506 e. The van der Waals surface area contributed by atoms with Gasteiger partial charge in [0.05, 0.1) is 24.7 Å². The van der Waals surface area contributed by atoms with Gasteiger partial charge in [-0.2, -0.15) is 0 Å². The highest BCUT2D eigenvalue weighted by Crippen LogP contribution is 2.42. The zero-order valence-electron chi connectivity index (χ0n) is 10.6. The van der Waals surface area contributed by atoms with E-state index in [4.69, 9.17) is 14.6 Å². The molecule has 1 atom stereocenters. The minimum atomic E-state index is -1.52. The second-order valence-corrected chi connectivity index (χ2v) is 3.52. The second kappa shape index (κ2) is 5.89. The second-order valence-electron chi connectivity index (χ2n) is 3.52. The Labute approximate surface area is 108 Å². The van der Waals surface area contributed by atoms with Crippen LogP contribution in [0.5, 0.6) is 11.5 Å². The van der Waals surface area contributed by atoms with Crippen LogP contribution in [-0.2, 0) is 4.74 Å². The minimum absolute atomic E-state index is 0.0779. The third kappa shape index (κ3) is 3.03. The van der Waals surface area contributed by atoms with Crippen LogP contribution < -0.4 is 9.47 Å². The zero-order valence-corrected chi connectivity index (χ0v) is 10.6. The topological polar surface area (TPSA) is 108 Å². The van der Waals surface area contributed by atoms with Crippen molar-refractivity contribution in [3.05, 3.63) is 27.8 Å². The maximum Gasteiger partial charge on any atom is 0.506 e. The standard InChI is InChI=1S/C11H13NO7/c1-6(19-11(13)14)7-4-5-8(17-2)10(18-3)9(7)12(15)16/h4-6H,1-3H3,(H,13,14). The van der Waals surface area contributed by atoms with Crippen LogP contribution in [0.4, 0.5) is 10.5 Å². The van der Waals surface area contributed by atoms with Crippen molar-refractivity contribution in [1.29, 1.82) is 0 Å². The van der Waals surface area contributed by atoms with Crippen molar-refractivity contribution in [1.82, 2.24) is 0 Å². The Hall–Kier alpha value is -2.51. The van der Waals surface area contributed by atoms with Gasteiger partial charge in [0.1, 0.15) is 6.10 Å². The van der Waals surface area contributed by atoms with Crippen LogP contribution in [0.3, 0.4) is 0 Å². The van der Waals surface area contributed by atoms with Crippen LogP contribution in [0.2, 0.25) is 0 Å². The Bertz CT molecular complexity index is 500. The lowest BCUT2D eigenvalue weighted by Crippen LogP contribution is -2.09. The SMILES string of the molecule is COc1ccc(C(C)OC(=O)O)c([N+](=O)[O-])c1OC. The molecule has 8 heteroatoms. The van der Waals surface area contributed by atoms with Crippen molar-refractivity contribution in [2.45, 2.75) is 13.0 Å². The van der Waals surface area contributed by atoms with E-state index in [-0.39, 0.29) is 22.7 Å². The molecule has 1 aromatic rings. The monoisotopic (exact) mass is 271 g/mol. The van der Waals surface area contributed by atoms with Gasteiger partial charge in [0.25, 0.3) is 0 Å². The molecule has 0 aliphatic rings. The fourth-order valence-corrected chi connectivity index (χ4v) is 1.66. The van der Waals surface area contributed by atoms with Crippen molar-refractivity contribution in [3.8, 4) is 11.5 Å². The van der Waals surface area contributed by atoms with E-state index in [2.05, 4.69) is 4.74 Å². The van der Waals surface area contributed by atoms with Gasteiger partial charge in [0.15, 0.2) is 5.75 Å². The van der Waals surface area contributed by atoms with E-state index in [0.717, 1.165) is 0 Å². The van der Waals surface area contributed by atoms with Crippen LogP contribution in [-0.4, -0.2) is 30.4 Å². The summed E-state index contributed by atoms with van der Waals surface area (Å²) in [4.78, 5) is 21.0. The fourth-order valence-electron chi connectivity index (χ4n) is 1.66. The number of nitro benzene ring substituents is 1. The lowest BCUT2D eigenvalue weighted by atomic mass is 10.1. The molecule has 0 aromatic heterocycles. The normalized spacial score (nSPS) is 11.5. The Morgan fingerprint density at radius 2 is 2.00 bits per heavy atom. The number of hydrogen-bond acceptors (Lipinski definition) is 6. The summed E-state index contributed by atoms with van der Waals surface area (Å²) in [6.45, 7) is 1.39. The number of benzene rings is 1. The molecule has 0 saturated carbocycles. The van der Waals surface area contributed by atoms with E-state index in [0.29, 0.717) is 0 Å². The molecule has 0 amide bonds. The molecular weight excluding hydrogens is 258 g/mol. The predicted octanol–water partition coefficient (Wildman–Crippen LogP) is 2.37. The van der Waals surface area contributed by atoms with Crippen LogP contribution in [0.15, 0.2) is 12.1 Å². The summed E-state index contributed by atoms with van der Waals surface area (Å²) in [5, 5.41) is 19.7. The first-order valence-electron chi connectivity index (χ1n) is 5.21. The number of rotatable bonds is 5. The van der Waals surface area contributed by atoms with E-state index in [1.165, 1.54) is 33.3 Å². The number of nitro groups is 1. The highest BCUT2D eigenvalue weighted by molar-refractivity contribution is 5.63. The van der Waals surface area contributed by atoms with Gasteiger partial charge >= 0.3 is 11.8 Å². The summed E-state index contributed by atoms with van der Waals surface area (Å²) >= 11 is 0. The molecule has 0 bridgehead atoms. The van der Waals surface area contributed by atoms with Crippen molar-refractivity contribution in [3.63, 3.8) is 0 Å². The summed E-state index contributed by atoms with van der Waals surface area (Å²) in [5.74, 6) is 0.103. The van der Waals surface area contributed by atoms with Gasteiger partial charge in [-0.15, -0.1) is 0 Å². The Morgan fingerprint density at radius 3 is 2.42 bits per heavy atom. The first kappa shape index (κ1) is 14.6. The number of carbonyl (C=O) groups is 1. The van der Waals surface area contributed by atoms with Gasteiger partial charge in [-0.05, 0) is 19.1 Å². The van der Waals surface area contributed by atoms with Crippen LogP contribution >= 0.6 is 0 Å². The van der Waals surface area contributed by atoms with Crippen molar-refractivity contribution in [2.75, 3.05) is 14.2 Å².